The van der Waals surface area contributed by atoms with Crippen molar-refractivity contribution in [2.24, 2.45) is 0 Å². The average Bonchev–Trinajstić information content (AvgIpc) is 1.78. The molecule has 0 aromatic carbocycles. The Balaban J connectivity index is 4.43. The maximum atomic E-state index is 11.8. The van der Waals surface area contributed by atoms with Crippen molar-refractivity contribution in [2.45, 2.75) is 12.7 Å². The molecule has 0 rings (SSSR count). The first-order valence-corrected chi connectivity index (χ1v) is 2.58. The molecule has 0 heterocycles. The highest BCUT2D eigenvalue weighted by Gasteiger charge is 2.48. The second-order valence-corrected chi connectivity index (χ2v) is 1.65. The first kappa shape index (κ1) is 12.9. The van der Waals surface area contributed by atoms with Gasteiger partial charge in [-0.25, -0.2) is 0 Å². The molecular weight excluding hydrogens is 232 g/mol. The van der Waals surface area contributed by atoms with Crippen molar-refractivity contribution in [2.75, 3.05) is 0 Å². The highest BCUT2D eigenvalue weighted by atomic mass is 19.4. The molecule has 0 unspecified atom stereocenters. The molecule has 0 bridgehead atoms. The van der Waals surface area contributed by atoms with Crippen molar-refractivity contribution >= 4 is 0 Å². The van der Waals surface area contributed by atoms with Gasteiger partial charge in [0, 0.05) is 0 Å². The van der Waals surface area contributed by atoms with Gasteiger partial charge < -0.3 is 4.74 Å². The smallest absolute Gasteiger partial charge is 0.378 e. The molecule has 0 fully saturated rings. The predicted molar refractivity (Wildman–Crippen MR) is 23.5 cm³/mol. The number of halogens is 8. The SMILES string of the molecule is FC(F)=C(F)OC(F)(F)OC(F)(F)F. The van der Waals surface area contributed by atoms with E-state index in [1.807, 2.05) is 4.74 Å². The van der Waals surface area contributed by atoms with Gasteiger partial charge in [0.2, 0.25) is 0 Å². The van der Waals surface area contributed by atoms with E-state index in [-0.39, 0.29) is 0 Å². The topological polar surface area (TPSA) is 18.5 Å². The Morgan fingerprint density at radius 3 is 1.57 bits per heavy atom. The second-order valence-electron chi connectivity index (χ2n) is 1.65. The monoisotopic (exact) mass is 232 g/mol. The predicted octanol–water partition coefficient (Wildman–Crippen LogP) is 3.12. The Hall–Kier alpha value is -1.06. The molecule has 0 spiro atoms. The summed E-state index contributed by atoms with van der Waals surface area (Å²) in [5, 5.41) is 0. The standard InChI is InChI=1S/C4F8O2/c5-1(6)2(7)13-4(11,12)14-3(8,9)10. The van der Waals surface area contributed by atoms with Gasteiger partial charge in [-0.15, -0.1) is 22.0 Å². The molecular formula is C4F8O2. The van der Waals surface area contributed by atoms with Gasteiger partial charge in [-0.2, -0.15) is 17.9 Å². The lowest BCUT2D eigenvalue weighted by atomic mass is 11.0. The third kappa shape index (κ3) is 5.56. The van der Waals surface area contributed by atoms with E-state index in [1.165, 1.54) is 0 Å². The maximum Gasteiger partial charge on any atom is 0.543 e. The normalized spacial score (nSPS) is 12.6. The third-order valence-electron chi connectivity index (χ3n) is 0.592. The van der Waals surface area contributed by atoms with Crippen LogP contribution in [0.2, 0.25) is 0 Å². The van der Waals surface area contributed by atoms with Crippen LogP contribution in [0.15, 0.2) is 12.1 Å². The summed E-state index contributed by atoms with van der Waals surface area (Å²) in [5.41, 5.74) is 0. The Morgan fingerprint density at radius 2 is 1.29 bits per heavy atom. The van der Waals surface area contributed by atoms with Crippen LogP contribution in [0.1, 0.15) is 0 Å². The Labute approximate surface area is 70.7 Å². The zero-order valence-electron chi connectivity index (χ0n) is 5.84. The zero-order valence-corrected chi connectivity index (χ0v) is 5.84. The summed E-state index contributed by atoms with van der Waals surface area (Å²) in [7, 11) is 0. The summed E-state index contributed by atoms with van der Waals surface area (Å²) in [4.78, 5) is 0. The maximum absolute atomic E-state index is 11.8. The van der Waals surface area contributed by atoms with E-state index in [0.717, 1.165) is 0 Å². The Bertz CT molecular complexity index is 226. The molecule has 0 aromatic rings. The summed E-state index contributed by atoms with van der Waals surface area (Å²) >= 11 is 0. The van der Waals surface area contributed by atoms with Crippen molar-refractivity contribution in [3.63, 3.8) is 0 Å². The van der Waals surface area contributed by atoms with E-state index in [1.54, 1.807) is 0 Å². The molecule has 2 nitrogen and oxygen atoms in total. The van der Waals surface area contributed by atoms with Crippen LogP contribution in [0, 0.1) is 0 Å². The molecule has 10 heteroatoms. The fourth-order valence-electron chi connectivity index (χ4n) is 0.298. The second kappa shape index (κ2) is 3.98. The van der Waals surface area contributed by atoms with E-state index in [0.29, 0.717) is 0 Å². The van der Waals surface area contributed by atoms with Crippen LogP contribution >= 0.6 is 0 Å². The summed E-state index contributed by atoms with van der Waals surface area (Å²) in [6, 6.07) is -3.15. The van der Waals surface area contributed by atoms with Gasteiger partial charge in [0.05, 0.1) is 0 Å². The summed E-state index contributed by atoms with van der Waals surface area (Å²) in [6.45, 7) is 0. The first-order valence-electron chi connectivity index (χ1n) is 2.58. The minimum atomic E-state index is -5.85. The van der Waals surface area contributed by atoms with Crippen LogP contribution in [0.4, 0.5) is 35.1 Å². The number of ether oxygens (including phenoxy) is 2. The molecule has 0 aliphatic heterocycles. The van der Waals surface area contributed by atoms with Gasteiger partial charge in [0.25, 0.3) is 0 Å². The van der Waals surface area contributed by atoms with Crippen LogP contribution in [-0.4, -0.2) is 12.7 Å². The molecule has 0 radical (unpaired) electrons. The Morgan fingerprint density at radius 1 is 0.857 bits per heavy atom. The van der Waals surface area contributed by atoms with Crippen LogP contribution in [0.5, 0.6) is 0 Å². The van der Waals surface area contributed by atoms with Gasteiger partial charge >= 0.3 is 24.8 Å². The van der Waals surface area contributed by atoms with Crippen LogP contribution in [-0.2, 0) is 9.47 Å². The van der Waals surface area contributed by atoms with E-state index < -0.39 is 24.8 Å². The van der Waals surface area contributed by atoms with Crippen molar-refractivity contribution < 1.29 is 44.6 Å². The minimum Gasteiger partial charge on any atom is -0.378 e. The molecule has 0 atom stereocenters. The minimum absolute atomic E-state index is 1.88. The van der Waals surface area contributed by atoms with E-state index in [9.17, 15) is 35.1 Å². The van der Waals surface area contributed by atoms with Crippen molar-refractivity contribution in [3.8, 4) is 0 Å². The van der Waals surface area contributed by atoms with Gasteiger partial charge in [0.15, 0.2) is 0 Å². The number of hydrogen-bond acceptors (Lipinski definition) is 2. The lowest BCUT2D eigenvalue weighted by Gasteiger charge is -2.16. The van der Waals surface area contributed by atoms with E-state index in [4.69, 9.17) is 0 Å². The molecule has 14 heavy (non-hydrogen) atoms. The Kier molecular flexibility index (Phi) is 3.68. The van der Waals surface area contributed by atoms with Gasteiger partial charge in [-0.3, -0.25) is 0 Å². The largest absolute Gasteiger partial charge is 0.543 e. The number of alkyl halides is 5. The van der Waals surface area contributed by atoms with E-state index >= 15 is 0 Å². The summed E-state index contributed by atoms with van der Waals surface area (Å²) < 4.78 is 94.7. The zero-order chi connectivity index (χ0) is 11.6. The molecule has 0 amide bonds. The summed E-state index contributed by atoms with van der Waals surface area (Å²) in [5.74, 6) is 0. The lowest BCUT2D eigenvalue weighted by Crippen LogP contribution is -2.31. The van der Waals surface area contributed by atoms with Crippen LogP contribution in [0.3, 0.4) is 0 Å². The highest BCUT2D eigenvalue weighted by molar-refractivity contribution is 4.80. The fourth-order valence-corrected chi connectivity index (χ4v) is 0.298. The van der Waals surface area contributed by atoms with Gasteiger partial charge in [-0.1, -0.05) is 0 Å². The molecule has 0 aliphatic rings. The molecule has 84 valence electrons. The summed E-state index contributed by atoms with van der Waals surface area (Å²) in [6.07, 6.45) is -14.7. The quantitative estimate of drug-likeness (QED) is 0.422. The number of rotatable bonds is 3. The highest BCUT2D eigenvalue weighted by Crippen LogP contribution is 2.31. The fraction of sp³-hybridized carbons (Fsp3) is 0.500. The third-order valence-corrected chi connectivity index (χ3v) is 0.592. The molecule has 0 aliphatic carbocycles. The van der Waals surface area contributed by atoms with Crippen LogP contribution in [0.25, 0.3) is 0 Å². The number of hydrogen-bond donors (Lipinski definition) is 0. The average molecular weight is 232 g/mol. The van der Waals surface area contributed by atoms with Crippen molar-refractivity contribution in [1.82, 2.24) is 0 Å². The lowest BCUT2D eigenvalue weighted by molar-refractivity contribution is -0.492. The van der Waals surface area contributed by atoms with Crippen LogP contribution < -0.4 is 0 Å². The molecule has 0 aromatic heterocycles. The van der Waals surface area contributed by atoms with Gasteiger partial charge in [0.1, 0.15) is 0 Å². The first-order chi connectivity index (χ1) is 6.03. The van der Waals surface area contributed by atoms with Crippen molar-refractivity contribution in [3.05, 3.63) is 12.1 Å². The molecule has 0 saturated heterocycles. The molecule has 0 N–H and O–H groups in total. The van der Waals surface area contributed by atoms with E-state index in [2.05, 4.69) is 4.74 Å². The van der Waals surface area contributed by atoms with Gasteiger partial charge in [-0.05, 0) is 0 Å². The molecule has 0 saturated carbocycles. The van der Waals surface area contributed by atoms with Crippen molar-refractivity contribution in [1.29, 1.82) is 0 Å².